The van der Waals surface area contributed by atoms with Crippen LogP contribution in [0, 0.1) is 5.92 Å². The van der Waals surface area contributed by atoms with E-state index in [-0.39, 0.29) is 5.92 Å². The van der Waals surface area contributed by atoms with Crippen molar-refractivity contribution >= 4 is 12.0 Å². The van der Waals surface area contributed by atoms with Gasteiger partial charge in [0, 0.05) is 12.0 Å². The van der Waals surface area contributed by atoms with Crippen molar-refractivity contribution in [3.63, 3.8) is 0 Å². The minimum atomic E-state index is -0.618. The summed E-state index contributed by atoms with van der Waals surface area (Å²) in [6, 6.07) is 7.71. The van der Waals surface area contributed by atoms with Crippen molar-refractivity contribution in [2.45, 2.75) is 13.0 Å². The highest BCUT2D eigenvalue weighted by Gasteiger charge is 2.25. The van der Waals surface area contributed by atoms with Gasteiger partial charge >= 0.3 is 5.97 Å². The summed E-state index contributed by atoms with van der Waals surface area (Å²) in [5, 5.41) is 10.3. The Morgan fingerprint density at radius 3 is 2.83 bits per heavy atom. The van der Waals surface area contributed by atoms with E-state index in [0.717, 1.165) is 16.7 Å². The molecule has 1 N–H and O–H groups in total. The molecule has 0 amide bonds. The first-order valence-electron chi connectivity index (χ1n) is 5.85. The topological polar surface area (TPSA) is 46.5 Å². The zero-order valence-electron chi connectivity index (χ0n) is 10.5. The molecule has 2 atom stereocenters. The maximum atomic E-state index is 11.2. The fraction of sp³-hybridized carbons (Fsp3) is 0.267. The summed E-state index contributed by atoms with van der Waals surface area (Å²) in [4.78, 5) is 11.2. The van der Waals surface area contributed by atoms with Gasteiger partial charge in [0.25, 0.3) is 0 Å². The van der Waals surface area contributed by atoms with Gasteiger partial charge in [-0.25, -0.2) is 4.79 Å². The van der Waals surface area contributed by atoms with Crippen LogP contribution >= 0.6 is 0 Å². The van der Waals surface area contributed by atoms with Gasteiger partial charge in [0.15, 0.2) is 0 Å². The maximum absolute atomic E-state index is 11.2. The van der Waals surface area contributed by atoms with Gasteiger partial charge in [0.1, 0.15) is 0 Å². The molecular formula is C15H16O3. The van der Waals surface area contributed by atoms with E-state index in [1.54, 1.807) is 0 Å². The zero-order chi connectivity index (χ0) is 13.1. The first-order valence-corrected chi connectivity index (χ1v) is 5.85. The number of carbonyl (C=O) groups excluding carboxylic acids is 1. The Bertz CT molecular complexity index is 514. The standard InChI is InChI=1S/C15H16O3/c1-10(9-14(16)18-2)12-8-7-11-5-3-4-6-13(11)15(12)17/h3-9,12,15,17H,1-2H3/b10-9+/t12-,15+/m0/s1. The Morgan fingerprint density at radius 2 is 2.11 bits per heavy atom. The minimum Gasteiger partial charge on any atom is -0.466 e. The third-order valence-electron chi connectivity index (χ3n) is 3.21. The van der Waals surface area contributed by atoms with Gasteiger partial charge in [-0.15, -0.1) is 0 Å². The number of esters is 1. The molecule has 94 valence electrons. The van der Waals surface area contributed by atoms with Gasteiger partial charge in [-0.1, -0.05) is 42.0 Å². The fourth-order valence-electron chi connectivity index (χ4n) is 2.18. The second-order valence-corrected chi connectivity index (χ2v) is 4.37. The van der Waals surface area contributed by atoms with Crippen LogP contribution in [-0.2, 0) is 9.53 Å². The first-order chi connectivity index (χ1) is 8.63. The molecule has 0 heterocycles. The Kier molecular flexibility index (Phi) is 3.63. The molecule has 0 fully saturated rings. The lowest BCUT2D eigenvalue weighted by molar-refractivity contribution is -0.134. The Labute approximate surface area is 106 Å². The van der Waals surface area contributed by atoms with Gasteiger partial charge in [-0.05, 0) is 18.1 Å². The highest BCUT2D eigenvalue weighted by Crippen LogP contribution is 2.35. The van der Waals surface area contributed by atoms with Crippen molar-refractivity contribution in [1.82, 2.24) is 0 Å². The maximum Gasteiger partial charge on any atom is 0.330 e. The van der Waals surface area contributed by atoms with Crippen molar-refractivity contribution in [3.8, 4) is 0 Å². The normalized spacial score (nSPS) is 22.5. The van der Waals surface area contributed by atoms with Crippen molar-refractivity contribution < 1.29 is 14.6 Å². The molecule has 1 aliphatic rings. The summed E-state index contributed by atoms with van der Waals surface area (Å²) in [5.41, 5.74) is 2.70. The molecule has 0 spiro atoms. The predicted octanol–water partition coefficient (Wildman–Crippen LogP) is 2.48. The number of ether oxygens (including phenoxy) is 1. The number of methoxy groups -OCH3 is 1. The van der Waals surface area contributed by atoms with Crippen LogP contribution in [0.4, 0.5) is 0 Å². The molecule has 2 rings (SSSR count). The number of aliphatic hydroxyl groups excluding tert-OH is 1. The first kappa shape index (κ1) is 12.6. The van der Waals surface area contributed by atoms with E-state index in [0.29, 0.717) is 0 Å². The smallest absolute Gasteiger partial charge is 0.330 e. The van der Waals surface area contributed by atoms with Crippen molar-refractivity contribution in [3.05, 3.63) is 53.1 Å². The highest BCUT2D eigenvalue weighted by atomic mass is 16.5. The van der Waals surface area contributed by atoms with E-state index in [9.17, 15) is 9.90 Å². The summed E-state index contributed by atoms with van der Waals surface area (Å²) >= 11 is 0. The fourth-order valence-corrected chi connectivity index (χ4v) is 2.18. The Hall–Kier alpha value is -1.87. The molecule has 0 radical (unpaired) electrons. The molecule has 1 aromatic rings. The SMILES string of the molecule is COC(=O)/C=C(\C)[C@@H]1C=Cc2ccccc2[C@@H]1O. The van der Waals surface area contributed by atoms with Crippen LogP contribution in [0.15, 0.2) is 42.0 Å². The molecule has 0 unspecified atom stereocenters. The summed E-state index contributed by atoms with van der Waals surface area (Å²) in [6.45, 7) is 1.82. The van der Waals surface area contributed by atoms with Gasteiger partial charge in [-0.2, -0.15) is 0 Å². The second kappa shape index (κ2) is 5.19. The van der Waals surface area contributed by atoms with Crippen LogP contribution in [0.2, 0.25) is 0 Å². The third kappa shape index (κ3) is 2.36. The highest BCUT2D eigenvalue weighted by molar-refractivity contribution is 5.82. The quantitative estimate of drug-likeness (QED) is 0.642. The lowest BCUT2D eigenvalue weighted by Crippen LogP contribution is -2.16. The summed E-state index contributed by atoms with van der Waals surface area (Å²) in [6.07, 6.45) is 4.70. The van der Waals surface area contributed by atoms with E-state index in [1.165, 1.54) is 13.2 Å². The Morgan fingerprint density at radius 1 is 1.39 bits per heavy atom. The average molecular weight is 244 g/mol. The molecule has 1 aromatic carbocycles. The average Bonchev–Trinajstić information content (AvgIpc) is 2.39. The molecule has 0 aromatic heterocycles. The monoisotopic (exact) mass is 244 g/mol. The molecule has 18 heavy (non-hydrogen) atoms. The number of rotatable bonds is 2. The van der Waals surface area contributed by atoms with Crippen molar-refractivity contribution in [2.75, 3.05) is 7.11 Å². The van der Waals surface area contributed by atoms with E-state index in [2.05, 4.69) is 4.74 Å². The van der Waals surface area contributed by atoms with Crippen LogP contribution in [0.5, 0.6) is 0 Å². The third-order valence-corrected chi connectivity index (χ3v) is 3.21. The van der Waals surface area contributed by atoms with Crippen molar-refractivity contribution in [2.24, 2.45) is 5.92 Å². The predicted molar refractivity (Wildman–Crippen MR) is 69.7 cm³/mol. The number of benzene rings is 1. The van der Waals surface area contributed by atoms with Gasteiger partial charge in [-0.3, -0.25) is 0 Å². The van der Waals surface area contributed by atoms with Gasteiger partial charge in [0.05, 0.1) is 13.2 Å². The second-order valence-electron chi connectivity index (χ2n) is 4.37. The van der Waals surface area contributed by atoms with Crippen LogP contribution in [0.1, 0.15) is 24.2 Å². The van der Waals surface area contributed by atoms with Gasteiger partial charge < -0.3 is 9.84 Å². The molecule has 0 saturated heterocycles. The van der Waals surface area contributed by atoms with Crippen molar-refractivity contribution in [1.29, 1.82) is 0 Å². The van der Waals surface area contributed by atoms with E-state index >= 15 is 0 Å². The summed E-state index contributed by atoms with van der Waals surface area (Å²) < 4.78 is 4.60. The number of hydrogen-bond donors (Lipinski definition) is 1. The molecule has 0 aliphatic heterocycles. The number of aliphatic hydroxyl groups is 1. The minimum absolute atomic E-state index is 0.181. The molecule has 1 aliphatic carbocycles. The van der Waals surface area contributed by atoms with Crippen LogP contribution in [-0.4, -0.2) is 18.2 Å². The molecule has 3 heteroatoms. The molecular weight excluding hydrogens is 228 g/mol. The van der Waals surface area contributed by atoms with E-state index in [4.69, 9.17) is 0 Å². The van der Waals surface area contributed by atoms with Gasteiger partial charge in [0.2, 0.25) is 0 Å². The number of hydrogen-bond acceptors (Lipinski definition) is 3. The number of carbonyl (C=O) groups is 1. The summed E-state index contributed by atoms with van der Waals surface area (Å²) in [7, 11) is 1.34. The molecule has 0 bridgehead atoms. The molecule has 3 nitrogen and oxygen atoms in total. The lowest BCUT2D eigenvalue weighted by atomic mass is 9.83. The van der Waals surface area contributed by atoms with E-state index in [1.807, 2.05) is 43.3 Å². The number of fused-ring (bicyclic) bond motifs is 1. The van der Waals surface area contributed by atoms with Crippen LogP contribution in [0.25, 0.3) is 6.08 Å². The lowest BCUT2D eigenvalue weighted by Gasteiger charge is -2.26. The largest absolute Gasteiger partial charge is 0.466 e. The van der Waals surface area contributed by atoms with Crippen LogP contribution in [0.3, 0.4) is 0 Å². The summed E-state index contributed by atoms with van der Waals surface area (Å²) in [5.74, 6) is -0.578. The zero-order valence-corrected chi connectivity index (χ0v) is 10.5. The Balaban J connectivity index is 2.29. The van der Waals surface area contributed by atoms with E-state index < -0.39 is 12.1 Å². The molecule has 0 saturated carbocycles. The van der Waals surface area contributed by atoms with Crippen LogP contribution < -0.4 is 0 Å².